The van der Waals surface area contributed by atoms with Crippen LogP contribution in [-0.2, 0) is 0 Å². The van der Waals surface area contributed by atoms with Gasteiger partial charge in [0.25, 0.3) is 5.91 Å². The summed E-state index contributed by atoms with van der Waals surface area (Å²) in [6.45, 7) is 3.72. The van der Waals surface area contributed by atoms with Crippen LogP contribution in [0.25, 0.3) is 0 Å². The van der Waals surface area contributed by atoms with Crippen molar-refractivity contribution in [1.29, 1.82) is 0 Å². The Balaban J connectivity index is 2.21. The van der Waals surface area contributed by atoms with Gasteiger partial charge in [-0.1, -0.05) is 0 Å². The summed E-state index contributed by atoms with van der Waals surface area (Å²) >= 11 is 1.39. The lowest BCUT2D eigenvalue weighted by atomic mass is 10.2. The highest BCUT2D eigenvalue weighted by molar-refractivity contribution is 7.13. The number of hydrogen-bond acceptors (Lipinski definition) is 4. The van der Waals surface area contributed by atoms with Crippen LogP contribution in [0, 0.1) is 13.8 Å². The number of pyridine rings is 1. The van der Waals surface area contributed by atoms with Crippen LogP contribution in [-0.4, -0.2) is 15.9 Å². The fourth-order valence-electron chi connectivity index (χ4n) is 1.38. The topological polar surface area (TPSA) is 54.9 Å². The van der Waals surface area contributed by atoms with Gasteiger partial charge in [0.2, 0.25) is 0 Å². The van der Waals surface area contributed by atoms with Gasteiger partial charge in [0, 0.05) is 17.3 Å². The molecule has 2 aromatic rings. The highest BCUT2D eigenvalue weighted by Gasteiger charge is 2.10. The van der Waals surface area contributed by atoms with Crippen molar-refractivity contribution in [3.05, 3.63) is 40.7 Å². The predicted octanol–water partition coefficient (Wildman–Crippen LogP) is 2.41. The number of thiazole rings is 1. The minimum absolute atomic E-state index is 0.167. The van der Waals surface area contributed by atoms with E-state index in [1.165, 1.54) is 11.3 Å². The van der Waals surface area contributed by atoms with E-state index in [-0.39, 0.29) is 5.91 Å². The fraction of sp³-hybridized carbons (Fsp3) is 0.182. The Kier molecular flexibility index (Phi) is 2.96. The third kappa shape index (κ3) is 2.25. The molecule has 0 aliphatic carbocycles. The van der Waals surface area contributed by atoms with Crippen LogP contribution in [0.5, 0.6) is 0 Å². The number of nitrogens with one attached hydrogen (secondary N) is 1. The van der Waals surface area contributed by atoms with Gasteiger partial charge in [0.05, 0.1) is 11.3 Å². The molecular weight excluding hydrogens is 222 g/mol. The molecule has 0 bridgehead atoms. The number of rotatable bonds is 2. The summed E-state index contributed by atoms with van der Waals surface area (Å²) in [6.07, 6.45) is 1.65. The quantitative estimate of drug-likeness (QED) is 0.866. The van der Waals surface area contributed by atoms with Gasteiger partial charge in [0.1, 0.15) is 0 Å². The van der Waals surface area contributed by atoms with Crippen LogP contribution < -0.4 is 5.32 Å². The van der Waals surface area contributed by atoms with Crippen LogP contribution in [0.2, 0.25) is 0 Å². The van der Waals surface area contributed by atoms with Crippen molar-refractivity contribution < 1.29 is 4.79 Å². The maximum atomic E-state index is 11.9. The highest BCUT2D eigenvalue weighted by Crippen LogP contribution is 2.13. The fourth-order valence-corrected chi connectivity index (χ4v) is 1.90. The van der Waals surface area contributed by atoms with Crippen molar-refractivity contribution in [1.82, 2.24) is 9.97 Å². The van der Waals surface area contributed by atoms with Gasteiger partial charge in [-0.15, -0.1) is 11.3 Å². The zero-order valence-electron chi connectivity index (χ0n) is 9.02. The molecular formula is C11H11N3OS. The standard InChI is InChI=1S/C11H11N3OS/c1-7-3-4-9(8(2)13-7)10(15)14-11-12-5-6-16-11/h3-6H,1-2H3,(H,12,14,15). The summed E-state index contributed by atoms with van der Waals surface area (Å²) < 4.78 is 0. The molecule has 0 aromatic carbocycles. The smallest absolute Gasteiger partial charge is 0.259 e. The SMILES string of the molecule is Cc1ccc(C(=O)Nc2nccs2)c(C)n1. The summed E-state index contributed by atoms with van der Waals surface area (Å²) in [4.78, 5) is 20.1. The van der Waals surface area contributed by atoms with Crippen molar-refractivity contribution in [3.8, 4) is 0 Å². The summed E-state index contributed by atoms with van der Waals surface area (Å²) in [5, 5.41) is 5.14. The number of hydrogen-bond donors (Lipinski definition) is 1. The van der Waals surface area contributed by atoms with Gasteiger partial charge < -0.3 is 0 Å². The van der Waals surface area contributed by atoms with E-state index in [4.69, 9.17) is 0 Å². The van der Waals surface area contributed by atoms with Gasteiger partial charge >= 0.3 is 0 Å². The van der Waals surface area contributed by atoms with E-state index in [2.05, 4.69) is 15.3 Å². The molecule has 16 heavy (non-hydrogen) atoms. The third-order valence-corrected chi connectivity index (χ3v) is 2.81. The molecule has 0 unspecified atom stereocenters. The largest absolute Gasteiger partial charge is 0.298 e. The Morgan fingerprint density at radius 1 is 1.38 bits per heavy atom. The molecule has 2 rings (SSSR count). The number of nitrogens with zero attached hydrogens (tertiary/aromatic N) is 2. The summed E-state index contributed by atoms with van der Waals surface area (Å²) in [7, 11) is 0. The van der Waals surface area contributed by atoms with E-state index >= 15 is 0 Å². The predicted molar refractivity (Wildman–Crippen MR) is 63.8 cm³/mol. The lowest BCUT2D eigenvalue weighted by molar-refractivity contribution is 0.102. The van der Waals surface area contributed by atoms with Gasteiger partial charge in [-0.3, -0.25) is 15.1 Å². The Labute approximate surface area is 97.4 Å². The van der Waals surface area contributed by atoms with E-state index in [9.17, 15) is 4.79 Å². The minimum atomic E-state index is -0.167. The second kappa shape index (κ2) is 4.40. The monoisotopic (exact) mass is 233 g/mol. The molecule has 0 saturated heterocycles. The minimum Gasteiger partial charge on any atom is -0.298 e. The molecule has 2 aromatic heterocycles. The van der Waals surface area contributed by atoms with Crippen molar-refractivity contribution in [2.75, 3.05) is 5.32 Å². The van der Waals surface area contributed by atoms with Crippen LogP contribution in [0.15, 0.2) is 23.7 Å². The van der Waals surface area contributed by atoms with Crippen molar-refractivity contribution in [2.24, 2.45) is 0 Å². The molecule has 82 valence electrons. The highest BCUT2D eigenvalue weighted by atomic mass is 32.1. The normalized spacial score (nSPS) is 10.1. The second-order valence-electron chi connectivity index (χ2n) is 3.38. The first-order valence-corrected chi connectivity index (χ1v) is 5.70. The van der Waals surface area contributed by atoms with Crippen molar-refractivity contribution in [3.63, 3.8) is 0 Å². The van der Waals surface area contributed by atoms with Gasteiger partial charge in [0.15, 0.2) is 5.13 Å². The van der Waals surface area contributed by atoms with E-state index < -0.39 is 0 Å². The summed E-state index contributed by atoms with van der Waals surface area (Å²) in [5.74, 6) is -0.167. The molecule has 1 amide bonds. The van der Waals surface area contributed by atoms with E-state index in [0.29, 0.717) is 10.7 Å². The number of aryl methyl sites for hydroxylation is 2. The molecule has 0 atom stereocenters. The van der Waals surface area contributed by atoms with Crippen LogP contribution in [0.1, 0.15) is 21.7 Å². The zero-order chi connectivity index (χ0) is 11.5. The van der Waals surface area contributed by atoms with Crippen LogP contribution in [0.4, 0.5) is 5.13 Å². The second-order valence-corrected chi connectivity index (χ2v) is 4.27. The maximum Gasteiger partial charge on any atom is 0.259 e. The first-order valence-electron chi connectivity index (χ1n) is 4.82. The Hall–Kier alpha value is -1.75. The third-order valence-electron chi connectivity index (χ3n) is 2.12. The first-order chi connectivity index (χ1) is 7.66. The molecule has 0 radical (unpaired) electrons. The van der Waals surface area contributed by atoms with Crippen molar-refractivity contribution >= 4 is 22.4 Å². The first kappa shape index (κ1) is 10.8. The molecule has 2 heterocycles. The number of aromatic nitrogens is 2. The molecule has 4 nitrogen and oxygen atoms in total. The van der Waals surface area contributed by atoms with Crippen LogP contribution >= 0.6 is 11.3 Å². The Morgan fingerprint density at radius 3 is 2.81 bits per heavy atom. The molecule has 0 aliphatic rings. The summed E-state index contributed by atoms with van der Waals surface area (Å²) in [6, 6.07) is 3.60. The zero-order valence-corrected chi connectivity index (χ0v) is 9.84. The van der Waals surface area contributed by atoms with E-state index in [0.717, 1.165) is 11.4 Å². The van der Waals surface area contributed by atoms with E-state index in [1.807, 2.05) is 25.3 Å². The van der Waals surface area contributed by atoms with Crippen LogP contribution in [0.3, 0.4) is 0 Å². The number of amides is 1. The molecule has 0 fully saturated rings. The number of carbonyl (C=O) groups excluding carboxylic acids is 1. The Bertz CT molecular complexity index is 508. The maximum absolute atomic E-state index is 11.9. The number of anilines is 1. The van der Waals surface area contributed by atoms with E-state index in [1.54, 1.807) is 12.3 Å². The molecule has 0 spiro atoms. The van der Waals surface area contributed by atoms with Gasteiger partial charge in [-0.05, 0) is 26.0 Å². The van der Waals surface area contributed by atoms with Crippen molar-refractivity contribution in [2.45, 2.75) is 13.8 Å². The molecule has 1 N–H and O–H groups in total. The average molecular weight is 233 g/mol. The average Bonchev–Trinajstić information content (AvgIpc) is 2.70. The number of carbonyl (C=O) groups is 1. The Morgan fingerprint density at radius 2 is 2.19 bits per heavy atom. The van der Waals surface area contributed by atoms with Gasteiger partial charge in [-0.2, -0.15) is 0 Å². The molecule has 0 saturated carbocycles. The summed E-state index contributed by atoms with van der Waals surface area (Å²) in [5.41, 5.74) is 2.22. The lowest BCUT2D eigenvalue weighted by Gasteiger charge is -2.05. The van der Waals surface area contributed by atoms with Gasteiger partial charge in [-0.25, -0.2) is 4.98 Å². The molecule has 0 aliphatic heterocycles. The molecule has 5 heteroatoms. The lowest BCUT2D eigenvalue weighted by Crippen LogP contribution is -2.14.